The number of halogens is 1. The Hall–Kier alpha value is -3.26. The van der Waals surface area contributed by atoms with Crippen LogP contribution in [0.5, 0.6) is 11.5 Å². The summed E-state index contributed by atoms with van der Waals surface area (Å²) in [6.07, 6.45) is 3.17. The van der Waals surface area contributed by atoms with Crippen LogP contribution in [0.4, 0.5) is 11.4 Å². The number of amides is 1. The molecule has 1 amide bonds. The van der Waals surface area contributed by atoms with Gasteiger partial charge in [-0.25, -0.2) is 0 Å². The lowest BCUT2D eigenvalue weighted by atomic mass is 10.1. The van der Waals surface area contributed by atoms with E-state index >= 15 is 0 Å². The van der Waals surface area contributed by atoms with Crippen molar-refractivity contribution in [2.24, 2.45) is 0 Å². The second-order valence-electron chi connectivity index (χ2n) is 6.86. The summed E-state index contributed by atoms with van der Waals surface area (Å²) in [5, 5.41) is 11.7. The van der Waals surface area contributed by atoms with Crippen LogP contribution in [0, 0.1) is 10.1 Å². The zero-order chi connectivity index (χ0) is 22.4. The van der Waals surface area contributed by atoms with E-state index in [1.54, 1.807) is 41.3 Å². The van der Waals surface area contributed by atoms with Crippen LogP contribution in [0.25, 0.3) is 6.08 Å². The van der Waals surface area contributed by atoms with Gasteiger partial charge in [0.15, 0.2) is 11.5 Å². The zero-order valence-electron chi connectivity index (χ0n) is 17.4. The summed E-state index contributed by atoms with van der Waals surface area (Å²) in [6.45, 7) is 4.31. The van der Waals surface area contributed by atoms with Crippen molar-refractivity contribution in [1.29, 1.82) is 0 Å². The SMILES string of the molecule is CCOc1c(Cl)cc(/C=C/C(=O)N2CCN(c3ccccc3[N+](=O)[O-])CC2)cc1OC. The van der Waals surface area contributed by atoms with Crippen molar-refractivity contribution in [1.82, 2.24) is 4.90 Å². The first kappa shape index (κ1) is 22.4. The van der Waals surface area contributed by atoms with Gasteiger partial charge in [-0.3, -0.25) is 14.9 Å². The predicted molar refractivity (Wildman–Crippen MR) is 120 cm³/mol. The maximum Gasteiger partial charge on any atom is 0.292 e. The first-order valence-electron chi connectivity index (χ1n) is 9.90. The lowest BCUT2D eigenvalue weighted by molar-refractivity contribution is -0.384. The number of nitrogens with zero attached hydrogens (tertiary/aromatic N) is 3. The van der Waals surface area contributed by atoms with Gasteiger partial charge in [-0.1, -0.05) is 23.7 Å². The molecule has 0 bridgehead atoms. The molecule has 1 fully saturated rings. The molecular weight excluding hydrogens is 422 g/mol. The Morgan fingerprint density at radius 2 is 1.94 bits per heavy atom. The highest BCUT2D eigenvalue weighted by atomic mass is 35.5. The highest BCUT2D eigenvalue weighted by molar-refractivity contribution is 6.32. The molecule has 2 aromatic rings. The van der Waals surface area contributed by atoms with E-state index in [0.29, 0.717) is 55.0 Å². The van der Waals surface area contributed by atoms with Crippen molar-refractivity contribution >= 4 is 35.0 Å². The van der Waals surface area contributed by atoms with E-state index in [0.717, 1.165) is 5.56 Å². The van der Waals surface area contributed by atoms with E-state index in [-0.39, 0.29) is 16.5 Å². The molecule has 0 spiro atoms. The standard InChI is InChI=1S/C22H24ClN3O5/c1-3-31-22-17(23)14-16(15-20(22)30-2)8-9-21(27)25-12-10-24(11-13-25)18-6-4-5-7-19(18)26(28)29/h4-9,14-15H,3,10-13H2,1-2H3/b9-8+. The Labute approximate surface area is 185 Å². The number of hydrogen-bond donors (Lipinski definition) is 0. The summed E-state index contributed by atoms with van der Waals surface area (Å²) in [5.74, 6) is 0.840. The van der Waals surface area contributed by atoms with Crippen LogP contribution in [0.3, 0.4) is 0 Å². The number of carbonyl (C=O) groups is 1. The molecular formula is C22H24ClN3O5. The molecule has 0 atom stereocenters. The minimum atomic E-state index is -0.383. The highest BCUT2D eigenvalue weighted by Gasteiger charge is 2.24. The topological polar surface area (TPSA) is 85.2 Å². The van der Waals surface area contributed by atoms with Crippen molar-refractivity contribution in [3.63, 3.8) is 0 Å². The van der Waals surface area contributed by atoms with E-state index in [2.05, 4.69) is 0 Å². The van der Waals surface area contributed by atoms with Crippen molar-refractivity contribution in [3.05, 3.63) is 63.2 Å². The maximum absolute atomic E-state index is 12.6. The Kier molecular flexibility index (Phi) is 7.36. The number of piperazine rings is 1. The van der Waals surface area contributed by atoms with E-state index in [1.165, 1.54) is 19.3 Å². The lowest BCUT2D eigenvalue weighted by Gasteiger charge is -2.35. The second kappa shape index (κ2) is 10.2. The molecule has 0 N–H and O–H groups in total. The van der Waals surface area contributed by atoms with Gasteiger partial charge in [0.2, 0.25) is 5.91 Å². The predicted octanol–water partition coefficient (Wildman–Crippen LogP) is 4.02. The summed E-state index contributed by atoms with van der Waals surface area (Å²) in [6, 6.07) is 10.1. The Morgan fingerprint density at radius 1 is 1.23 bits per heavy atom. The third-order valence-electron chi connectivity index (χ3n) is 4.97. The van der Waals surface area contributed by atoms with Crippen molar-refractivity contribution in [2.45, 2.75) is 6.92 Å². The first-order chi connectivity index (χ1) is 14.9. The summed E-state index contributed by atoms with van der Waals surface area (Å²) in [7, 11) is 1.53. The monoisotopic (exact) mass is 445 g/mol. The highest BCUT2D eigenvalue weighted by Crippen LogP contribution is 2.36. The number of nitro groups is 1. The number of rotatable bonds is 7. The number of benzene rings is 2. The van der Waals surface area contributed by atoms with E-state index < -0.39 is 0 Å². The molecule has 9 heteroatoms. The van der Waals surface area contributed by atoms with Gasteiger partial charge in [0.1, 0.15) is 5.69 Å². The van der Waals surface area contributed by atoms with Crippen LogP contribution in [-0.2, 0) is 4.79 Å². The molecule has 1 aliphatic rings. The number of hydrogen-bond acceptors (Lipinski definition) is 6. The van der Waals surface area contributed by atoms with E-state index in [9.17, 15) is 14.9 Å². The molecule has 3 rings (SSSR count). The minimum Gasteiger partial charge on any atom is -0.493 e. The fourth-order valence-electron chi connectivity index (χ4n) is 3.45. The van der Waals surface area contributed by atoms with Crippen molar-refractivity contribution in [2.75, 3.05) is 44.8 Å². The van der Waals surface area contributed by atoms with Crippen LogP contribution in [-0.4, -0.2) is 55.6 Å². The van der Waals surface area contributed by atoms with Gasteiger partial charge in [-0.05, 0) is 36.8 Å². The molecule has 0 aromatic heterocycles. The fourth-order valence-corrected chi connectivity index (χ4v) is 3.72. The van der Waals surface area contributed by atoms with Gasteiger partial charge in [0.25, 0.3) is 5.69 Å². The van der Waals surface area contributed by atoms with Crippen LogP contribution < -0.4 is 14.4 Å². The quantitative estimate of drug-likeness (QED) is 0.363. The average Bonchev–Trinajstić information content (AvgIpc) is 2.79. The minimum absolute atomic E-state index is 0.0727. The molecule has 0 radical (unpaired) electrons. The number of ether oxygens (including phenoxy) is 2. The Morgan fingerprint density at radius 3 is 2.58 bits per heavy atom. The number of carbonyl (C=O) groups excluding carboxylic acids is 1. The van der Waals surface area contributed by atoms with Gasteiger partial charge in [-0.15, -0.1) is 0 Å². The number of anilines is 1. The molecule has 0 unspecified atom stereocenters. The zero-order valence-corrected chi connectivity index (χ0v) is 18.2. The molecule has 164 valence electrons. The molecule has 1 aliphatic heterocycles. The van der Waals surface area contributed by atoms with Gasteiger partial charge in [0.05, 0.1) is 23.7 Å². The molecule has 31 heavy (non-hydrogen) atoms. The van der Waals surface area contributed by atoms with Crippen molar-refractivity contribution in [3.8, 4) is 11.5 Å². The van der Waals surface area contributed by atoms with Crippen LogP contribution in [0.1, 0.15) is 12.5 Å². The average molecular weight is 446 g/mol. The summed E-state index contributed by atoms with van der Waals surface area (Å²) in [5.41, 5.74) is 1.37. The van der Waals surface area contributed by atoms with E-state index in [1.807, 2.05) is 11.8 Å². The number of methoxy groups -OCH3 is 1. The Bertz CT molecular complexity index is 987. The third kappa shape index (κ3) is 5.27. The fraction of sp³-hybridized carbons (Fsp3) is 0.318. The van der Waals surface area contributed by atoms with Gasteiger partial charge in [0, 0.05) is 38.3 Å². The first-order valence-corrected chi connectivity index (χ1v) is 10.3. The molecule has 0 aliphatic carbocycles. The summed E-state index contributed by atoms with van der Waals surface area (Å²) < 4.78 is 10.8. The molecule has 1 heterocycles. The number of nitro benzene ring substituents is 1. The molecule has 1 saturated heterocycles. The second-order valence-corrected chi connectivity index (χ2v) is 7.27. The summed E-state index contributed by atoms with van der Waals surface area (Å²) >= 11 is 6.28. The molecule has 0 saturated carbocycles. The van der Waals surface area contributed by atoms with Crippen molar-refractivity contribution < 1.29 is 19.2 Å². The van der Waals surface area contributed by atoms with Gasteiger partial charge >= 0.3 is 0 Å². The number of para-hydroxylation sites is 2. The summed E-state index contributed by atoms with van der Waals surface area (Å²) in [4.78, 5) is 27.2. The largest absolute Gasteiger partial charge is 0.493 e. The van der Waals surface area contributed by atoms with Gasteiger partial charge in [-0.2, -0.15) is 0 Å². The normalized spacial score (nSPS) is 14.0. The van der Waals surface area contributed by atoms with Crippen LogP contribution in [0.2, 0.25) is 5.02 Å². The third-order valence-corrected chi connectivity index (χ3v) is 5.25. The molecule has 8 nitrogen and oxygen atoms in total. The van der Waals surface area contributed by atoms with Crippen LogP contribution in [0.15, 0.2) is 42.5 Å². The molecule has 2 aromatic carbocycles. The maximum atomic E-state index is 12.6. The van der Waals surface area contributed by atoms with Crippen LogP contribution >= 0.6 is 11.6 Å². The lowest BCUT2D eigenvalue weighted by Crippen LogP contribution is -2.48. The smallest absolute Gasteiger partial charge is 0.292 e. The van der Waals surface area contributed by atoms with Gasteiger partial charge < -0.3 is 19.3 Å². The Balaban J connectivity index is 1.65. The van der Waals surface area contributed by atoms with E-state index in [4.69, 9.17) is 21.1 Å².